The zero-order valence-electron chi connectivity index (χ0n) is 44.4. The topological polar surface area (TPSA) is 257 Å². The van der Waals surface area contributed by atoms with Crippen LogP contribution < -0.4 is 14.8 Å². The number of carbonyl (C=O) groups is 1. The zero-order valence-corrected chi connectivity index (χ0v) is 45.4. The van der Waals surface area contributed by atoms with Crippen molar-refractivity contribution in [3.05, 3.63) is 27.8 Å². The molecule has 73 heavy (non-hydrogen) atoms. The van der Waals surface area contributed by atoms with Crippen molar-refractivity contribution >= 4 is 20.6 Å². The second-order valence-corrected chi connectivity index (χ2v) is 17.7. The Kier molecular flexibility index (Phi) is 46.5. The van der Waals surface area contributed by atoms with Crippen LogP contribution in [0.1, 0.15) is 32.8 Å². The van der Waals surface area contributed by atoms with Crippen molar-refractivity contribution in [3.8, 4) is 11.5 Å². The van der Waals surface area contributed by atoms with Gasteiger partial charge < -0.3 is 99.1 Å². The maximum atomic E-state index is 12.1. The van der Waals surface area contributed by atoms with Gasteiger partial charge in [0.2, 0.25) is 0 Å². The number of nitro groups is 1. The number of methoxy groups -OCH3 is 3. The predicted octanol–water partition coefficient (Wildman–Crippen LogP) is 3.51. The summed E-state index contributed by atoms with van der Waals surface area (Å²) >= 11 is 0. The molecule has 0 bridgehead atoms. The van der Waals surface area contributed by atoms with Crippen LogP contribution in [-0.2, 0) is 90.9 Å². The van der Waals surface area contributed by atoms with Crippen molar-refractivity contribution in [2.75, 3.05) is 219 Å². The highest BCUT2D eigenvalue weighted by molar-refractivity contribution is 6.60. The molecule has 1 atom stereocenters. The molecule has 0 saturated carbocycles. The molecule has 0 aliphatic heterocycles. The molecule has 0 saturated heterocycles. The Morgan fingerprint density at radius 2 is 0.918 bits per heavy atom. The van der Waals surface area contributed by atoms with Crippen molar-refractivity contribution in [2.24, 2.45) is 0 Å². The molecule has 0 aromatic heterocycles. The molecule has 0 fully saturated rings. The lowest BCUT2D eigenvalue weighted by Crippen LogP contribution is -2.46. The van der Waals surface area contributed by atoms with Gasteiger partial charge in [0.25, 0.3) is 5.69 Å². The largest absolute Gasteiger partial charge is 0.501 e. The van der Waals surface area contributed by atoms with Gasteiger partial charge in [0, 0.05) is 46.1 Å². The van der Waals surface area contributed by atoms with Crippen LogP contribution in [0.15, 0.2) is 12.1 Å². The summed E-state index contributed by atoms with van der Waals surface area (Å²) in [5, 5.41) is 14.0. The summed E-state index contributed by atoms with van der Waals surface area (Å²) in [5.41, 5.74) is -0.110. The van der Waals surface area contributed by atoms with Gasteiger partial charge in [0.05, 0.1) is 196 Å². The molecule has 26 heteroatoms. The number of alkyl carbamates (subject to hydrolysis) is 1. The van der Waals surface area contributed by atoms with E-state index in [1.807, 2.05) is 20.8 Å². The number of nitro benzene ring substituents is 1. The van der Waals surface area contributed by atoms with E-state index in [1.54, 1.807) is 7.11 Å². The van der Waals surface area contributed by atoms with Crippen molar-refractivity contribution in [3.63, 3.8) is 0 Å². The van der Waals surface area contributed by atoms with Crippen LogP contribution in [-0.4, -0.2) is 245 Å². The highest BCUT2D eigenvalue weighted by Crippen LogP contribution is 2.34. The number of carbonyl (C=O) groups excluding carboxylic acids is 1. The quantitative estimate of drug-likeness (QED) is 0.0424. The van der Waals surface area contributed by atoms with E-state index in [0.717, 1.165) is 12.5 Å². The molecule has 1 unspecified atom stereocenters. The molecule has 0 heterocycles. The van der Waals surface area contributed by atoms with Gasteiger partial charge in [-0.2, -0.15) is 0 Å². The van der Waals surface area contributed by atoms with Crippen LogP contribution >= 0.6 is 0 Å². The van der Waals surface area contributed by atoms with E-state index in [4.69, 9.17) is 93.8 Å². The Morgan fingerprint density at radius 3 is 1.33 bits per heavy atom. The lowest BCUT2D eigenvalue weighted by Gasteiger charge is -2.28. The molecule has 25 nitrogen and oxygen atoms in total. The summed E-state index contributed by atoms with van der Waals surface area (Å²) in [4.78, 5) is 23.0. The predicted molar refractivity (Wildman–Crippen MR) is 266 cm³/mol. The van der Waals surface area contributed by atoms with E-state index in [2.05, 4.69) is 5.32 Å². The van der Waals surface area contributed by atoms with Gasteiger partial charge in [-0.05, 0) is 33.3 Å². The van der Waals surface area contributed by atoms with Gasteiger partial charge in [-0.15, -0.1) is 0 Å². The maximum absolute atomic E-state index is 12.1. The molecule has 0 spiro atoms. The van der Waals surface area contributed by atoms with Gasteiger partial charge >= 0.3 is 14.9 Å². The molecule has 1 rings (SSSR count). The summed E-state index contributed by atoms with van der Waals surface area (Å²) in [6, 6.07) is 3.32. The molecule has 1 amide bonds. The number of hydrogen-bond acceptors (Lipinski definition) is 23. The van der Waals surface area contributed by atoms with E-state index in [1.165, 1.54) is 26.4 Å². The second-order valence-electron chi connectivity index (χ2n) is 14.9. The molecule has 0 aliphatic carbocycles. The average molecular weight is 1080 g/mol. The molecule has 0 aliphatic rings. The summed E-state index contributed by atoms with van der Waals surface area (Å²) in [6.07, 6.45) is -0.309. The minimum Gasteiger partial charge on any atom is -0.493 e. The van der Waals surface area contributed by atoms with Gasteiger partial charge in [-0.25, -0.2) is 4.79 Å². The number of benzene rings is 1. The van der Waals surface area contributed by atoms with E-state index >= 15 is 0 Å². The standard InChI is InChI=1S/C47H88N2O23Si/c1-7-70-73(71-8-2,72-9-3)36-10-12-56-16-18-59-22-23-62-25-27-64-31-33-67-41-43(40-66-32-30-63-26-24-61-21-20-58-15-14-53-4)68-35-34-65-29-28-60-19-17-57-13-11-48-47(50)69-39-42-37-45(54-5)46(55-6)38-44(42)49(51)52/h37-38,43H,7-36,39-41H2,1-6H3,(H,48,50). The SMILES string of the molecule is CCO[Si](CCCOCCOCCOCCOCCOCC(COCCOCCOCCOCCOC)OCCOCCOCCOCCNC(=O)OCc1cc(OC)c(OC)cc1[N+](=O)[O-])(OCC)OCC. The van der Waals surface area contributed by atoms with Crippen molar-refractivity contribution < 1.29 is 104 Å². The fourth-order valence-electron chi connectivity index (χ4n) is 6.08. The summed E-state index contributed by atoms with van der Waals surface area (Å²) < 4.78 is 111. The monoisotopic (exact) mass is 1080 g/mol. The fourth-order valence-corrected chi connectivity index (χ4v) is 8.66. The first kappa shape index (κ1) is 68.0. The van der Waals surface area contributed by atoms with E-state index in [-0.39, 0.29) is 48.6 Å². The zero-order chi connectivity index (χ0) is 53.1. The molecule has 428 valence electrons. The number of nitrogens with zero attached hydrogens (tertiary/aromatic N) is 1. The third-order valence-electron chi connectivity index (χ3n) is 9.49. The number of nitrogens with one attached hydrogen (secondary N) is 1. The normalized spacial score (nSPS) is 12.1. The molecule has 0 radical (unpaired) electrons. The van der Waals surface area contributed by atoms with Gasteiger partial charge in [-0.3, -0.25) is 10.1 Å². The Bertz CT molecular complexity index is 1410. The third kappa shape index (κ3) is 38.3. The van der Waals surface area contributed by atoms with Crippen LogP contribution in [0.25, 0.3) is 0 Å². The Hall–Kier alpha value is -2.97. The highest BCUT2D eigenvalue weighted by atomic mass is 28.4. The van der Waals surface area contributed by atoms with Crippen LogP contribution in [0.3, 0.4) is 0 Å². The van der Waals surface area contributed by atoms with Gasteiger partial charge in [0.1, 0.15) is 12.7 Å². The molecule has 1 aromatic carbocycles. The first-order valence-electron chi connectivity index (χ1n) is 25.0. The summed E-state index contributed by atoms with van der Waals surface area (Å²) in [5.74, 6) is 0.463. The first-order valence-corrected chi connectivity index (χ1v) is 27.0. The number of ether oxygens (including phenoxy) is 17. The van der Waals surface area contributed by atoms with Gasteiger partial charge in [0.15, 0.2) is 11.5 Å². The number of rotatable bonds is 56. The summed E-state index contributed by atoms with van der Waals surface area (Å²) in [7, 11) is 1.76. The molecular weight excluding hydrogens is 989 g/mol. The minimum atomic E-state index is -2.64. The van der Waals surface area contributed by atoms with Crippen molar-refractivity contribution in [2.45, 2.75) is 45.9 Å². The lowest BCUT2D eigenvalue weighted by atomic mass is 10.1. The van der Waals surface area contributed by atoms with Crippen molar-refractivity contribution in [1.82, 2.24) is 5.32 Å². The van der Waals surface area contributed by atoms with E-state index in [9.17, 15) is 14.9 Å². The number of amides is 1. The number of hydrogen-bond donors (Lipinski definition) is 1. The van der Waals surface area contributed by atoms with Crippen molar-refractivity contribution in [1.29, 1.82) is 0 Å². The van der Waals surface area contributed by atoms with E-state index in [0.29, 0.717) is 185 Å². The summed E-state index contributed by atoms with van der Waals surface area (Å²) in [6.45, 7) is 17.9. The second kappa shape index (κ2) is 49.9. The molecular formula is C47H88N2O23Si. The van der Waals surface area contributed by atoms with Crippen LogP contribution in [0, 0.1) is 10.1 Å². The van der Waals surface area contributed by atoms with Gasteiger partial charge in [-0.1, -0.05) is 0 Å². The minimum absolute atomic E-state index is 0.152. The maximum Gasteiger partial charge on any atom is 0.501 e. The highest BCUT2D eigenvalue weighted by Gasteiger charge is 2.39. The Morgan fingerprint density at radius 1 is 0.534 bits per heavy atom. The van der Waals surface area contributed by atoms with Crippen LogP contribution in [0.5, 0.6) is 11.5 Å². The molecule has 1 N–H and O–H groups in total. The lowest BCUT2D eigenvalue weighted by molar-refractivity contribution is -0.385. The van der Waals surface area contributed by atoms with Crippen LogP contribution in [0.2, 0.25) is 6.04 Å². The first-order chi connectivity index (χ1) is 35.8. The third-order valence-corrected chi connectivity index (χ3v) is 12.6. The van der Waals surface area contributed by atoms with Crippen LogP contribution in [0.4, 0.5) is 10.5 Å². The Labute approximate surface area is 433 Å². The smallest absolute Gasteiger partial charge is 0.493 e. The average Bonchev–Trinajstić information content (AvgIpc) is 3.38. The van der Waals surface area contributed by atoms with E-state index < -0.39 is 19.8 Å². The molecule has 1 aromatic rings. The fraction of sp³-hybridized carbons (Fsp3) is 0.851. The Balaban J connectivity index is 2.19.